The van der Waals surface area contributed by atoms with Crippen LogP contribution in [0, 0.1) is 11.8 Å². The van der Waals surface area contributed by atoms with Gasteiger partial charge in [-0.1, -0.05) is 0 Å². The molecule has 4 fully saturated rings. The number of hydrogen-bond acceptors (Lipinski definition) is 2. The van der Waals surface area contributed by atoms with Crippen LogP contribution in [0.2, 0.25) is 0 Å². The summed E-state index contributed by atoms with van der Waals surface area (Å²) in [5, 5.41) is 0. The Kier molecular flexibility index (Phi) is 1.37. The van der Waals surface area contributed by atoms with Gasteiger partial charge in [-0.2, -0.15) is 0 Å². The Bertz CT molecular complexity index is 154. The predicted octanol–water partition coefficient (Wildman–Crippen LogP) is 0.816. The molecule has 2 saturated carbocycles. The zero-order chi connectivity index (χ0) is 8.29. The van der Waals surface area contributed by atoms with Crippen molar-refractivity contribution in [3.8, 4) is 0 Å². The highest BCUT2D eigenvalue weighted by molar-refractivity contribution is 5.04. The first-order chi connectivity index (χ1) is 5.75. The minimum Gasteiger partial charge on any atom is -0.327 e. The Morgan fingerprint density at radius 2 is 1.42 bits per heavy atom. The summed E-state index contributed by atoms with van der Waals surface area (Å²) in [7, 11) is 2.30. The van der Waals surface area contributed by atoms with Crippen LogP contribution < -0.4 is 5.73 Å². The Balaban J connectivity index is 1.91. The number of nitrogens with two attached hydrogens (primary N) is 1. The summed E-state index contributed by atoms with van der Waals surface area (Å²) in [5.41, 5.74) is 6.19. The number of piperidine rings is 2. The molecule has 2 heterocycles. The fourth-order valence-corrected chi connectivity index (χ4v) is 3.76. The average Bonchev–Trinajstić information content (AvgIpc) is 2.02. The molecule has 0 aromatic carbocycles. The van der Waals surface area contributed by atoms with Crippen LogP contribution >= 0.6 is 0 Å². The molecule has 4 rings (SSSR count). The molecule has 68 valence electrons. The van der Waals surface area contributed by atoms with Crippen molar-refractivity contribution in [2.75, 3.05) is 7.05 Å². The second-order valence-corrected chi connectivity index (χ2v) is 5.01. The molecule has 2 heteroatoms. The smallest absolute Gasteiger partial charge is 0.0102 e. The lowest BCUT2D eigenvalue weighted by Gasteiger charge is -2.58. The first kappa shape index (κ1) is 7.34. The fourth-order valence-electron chi connectivity index (χ4n) is 3.76. The van der Waals surface area contributed by atoms with Gasteiger partial charge < -0.3 is 10.6 Å². The van der Waals surface area contributed by atoms with Crippen molar-refractivity contribution in [1.29, 1.82) is 0 Å². The van der Waals surface area contributed by atoms with Crippen LogP contribution in [0.3, 0.4) is 0 Å². The first-order valence-electron chi connectivity index (χ1n) is 5.23. The summed E-state index contributed by atoms with van der Waals surface area (Å²) in [6.07, 6.45) is 5.52. The normalized spacial score (nSPS) is 58.0. The topological polar surface area (TPSA) is 29.3 Å². The predicted molar refractivity (Wildman–Crippen MR) is 48.8 cm³/mol. The number of nitrogens with zero attached hydrogens (tertiary/aromatic N) is 1. The standard InChI is InChI=1S/C10H18N2/c1-12-8-2-6-3-9(12)5-7(4-8)10(6)11/h6-10H,2-5,11H2,1H3. The van der Waals surface area contributed by atoms with E-state index in [0.29, 0.717) is 6.04 Å². The van der Waals surface area contributed by atoms with Gasteiger partial charge in [0, 0.05) is 18.1 Å². The molecular weight excluding hydrogens is 148 g/mol. The van der Waals surface area contributed by atoms with Crippen molar-refractivity contribution in [2.45, 2.75) is 43.8 Å². The Morgan fingerprint density at radius 1 is 1.00 bits per heavy atom. The second-order valence-electron chi connectivity index (χ2n) is 5.01. The van der Waals surface area contributed by atoms with Crippen molar-refractivity contribution >= 4 is 0 Å². The zero-order valence-corrected chi connectivity index (χ0v) is 7.74. The maximum absolute atomic E-state index is 6.19. The van der Waals surface area contributed by atoms with E-state index in [9.17, 15) is 0 Å². The van der Waals surface area contributed by atoms with E-state index in [1.165, 1.54) is 25.7 Å². The summed E-state index contributed by atoms with van der Waals surface area (Å²) >= 11 is 0. The van der Waals surface area contributed by atoms with Gasteiger partial charge in [0.05, 0.1) is 0 Å². The summed E-state index contributed by atoms with van der Waals surface area (Å²) in [5.74, 6) is 1.73. The van der Waals surface area contributed by atoms with Crippen LogP contribution in [0.5, 0.6) is 0 Å². The lowest BCUT2D eigenvalue weighted by molar-refractivity contribution is -0.0558. The first-order valence-corrected chi connectivity index (χ1v) is 5.23. The van der Waals surface area contributed by atoms with Crippen LogP contribution in [-0.4, -0.2) is 30.1 Å². The van der Waals surface area contributed by atoms with E-state index in [1.807, 2.05) is 0 Å². The maximum atomic E-state index is 6.19. The third kappa shape index (κ3) is 0.775. The summed E-state index contributed by atoms with van der Waals surface area (Å²) in [4.78, 5) is 2.61. The molecule has 2 saturated heterocycles. The van der Waals surface area contributed by atoms with Gasteiger partial charge in [-0.3, -0.25) is 0 Å². The van der Waals surface area contributed by atoms with Crippen LogP contribution in [0.25, 0.3) is 0 Å². The summed E-state index contributed by atoms with van der Waals surface area (Å²) < 4.78 is 0. The number of hydrogen-bond donors (Lipinski definition) is 1. The third-order valence-corrected chi connectivity index (χ3v) is 4.54. The van der Waals surface area contributed by atoms with E-state index < -0.39 is 0 Å². The summed E-state index contributed by atoms with van der Waals surface area (Å²) in [6, 6.07) is 2.31. The molecule has 0 unspecified atom stereocenters. The lowest BCUT2D eigenvalue weighted by Crippen LogP contribution is -2.63. The van der Waals surface area contributed by atoms with Gasteiger partial charge in [-0.15, -0.1) is 0 Å². The quantitative estimate of drug-likeness (QED) is 0.577. The van der Waals surface area contributed by atoms with Gasteiger partial charge >= 0.3 is 0 Å². The van der Waals surface area contributed by atoms with Crippen molar-refractivity contribution in [2.24, 2.45) is 17.6 Å². The molecule has 0 aromatic heterocycles. The van der Waals surface area contributed by atoms with Gasteiger partial charge in [0.2, 0.25) is 0 Å². The molecule has 12 heavy (non-hydrogen) atoms. The molecule has 2 N–H and O–H groups in total. The van der Waals surface area contributed by atoms with E-state index in [0.717, 1.165) is 23.9 Å². The Morgan fingerprint density at radius 3 is 1.83 bits per heavy atom. The van der Waals surface area contributed by atoms with Gasteiger partial charge in [0.25, 0.3) is 0 Å². The SMILES string of the molecule is CN1C2CC3CC1CC(C2)C3N. The third-order valence-electron chi connectivity index (χ3n) is 4.54. The number of rotatable bonds is 0. The molecule has 0 radical (unpaired) electrons. The van der Waals surface area contributed by atoms with Crippen LogP contribution in [0.15, 0.2) is 0 Å². The highest BCUT2D eigenvalue weighted by atomic mass is 15.2. The summed E-state index contributed by atoms with van der Waals surface area (Å²) in [6.45, 7) is 0. The van der Waals surface area contributed by atoms with Crippen molar-refractivity contribution in [3.05, 3.63) is 0 Å². The van der Waals surface area contributed by atoms with Gasteiger partial charge in [0.15, 0.2) is 0 Å². The average molecular weight is 166 g/mol. The Hall–Kier alpha value is -0.0800. The molecule has 4 aliphatic rings. The van der Waals surface area contributed by atoms with Gasteiger partial charge in [-0.25, -0.2) is 0 Å². The maximum Gasteiger partial charge on any atom is 0.0102 e. The van der Waals surface area contributed by atoms with Gasteiger partial charge in [0.1, 0.15) is 0 Å². The van der Waals surface area contributed by atoms with E-state index in [4.69, 9.17) is 5.73 Å². The highest BCUT2D eigenvalue weighted by Gasteiger charge is 2.49. The minimum atomic E-state index is 0.547. The Labute approximate surface area is 74.1 Å². The monoisotopic (exact) mass is 166 g/mol. The van der Waals surface area contributed by atoms with E-state index in [1.54, 1.807) is 0 Å². The van der Waals surface area contributed by atoms with Crippen molar-refractivity contribution < 1.29 is 0 Å². The fraction of sp³-hybridized carbons (Fsp3) is 1.00. The van der Waals surface area contributed by atoms with E-state index in [-0.39, 0.29) is 0 Å². The molecule has 2 aliphatic heterocycles. The van der Waals surface area contributed by atoms with Gasteiger partial charge in [-0.05, 0) is 44.6 Å². The van der Waals surface area contributed by atoms with E-state index in [2.05, 4.69) is 11.9 Å². The molecular formula is C10H18N2. The molecule has 2 nitrogen and oxygen atoms in total. The minimum absolute atomic E-state index is 0.547. The van der Waals surface area contributed by atoms with Crippen molar-refractivity contribution in [3.63, 3.8) is 0 Å². The molecule has 0 spiro atoms. The highest BCUT2D eigenvalue weighted by Crippen LogP contribution is 2.47. The van der Waals surface area contributed by atoms with Crippen LogP contribution in [0.1, 0.15) is 25.7 Å². The second kappa shape index (κ2) is 2.24. The molecule has 0 aromatic rings. The van der Waals surface area contributed by atoms with Crippen molar-refractivity contribution in [1.82, 2.24) is 4.90 Å². The lowest BCUT2D eigenvalue weighted by atomic mass is 9.61. The van der Waals surface area contributed by atoms with Crippen LogP contribution in [-0.2, 0) is 0 Å². The largest absolute Gasteiger partial charge is 0.327 e. The molecule has 0 atom stereocenters. The molecule has 2 aliphatic carbocycles. The van der Waals surface area contributed by atoms with E-state index >= 15 is 0 Å². The van der Waals surface area contributed by atoms with Crippen LogP contribution in [0.4, 0.5) is 0 Å². The molecule has 0 amide bonds. The molecule has 4 bridgehead atoms. The zero-order valence-electron chi connectivity index (χ0n) is 7.74.